The smallest absolute Gasteiger partial charge is 0.305 e. The number of halogens is 2. The third-order valence-corrected chi connectivity index (χ3v) is 4.34. The van der Waals surface area contributed by atoms with Gasteiger partial charge >= 0.3 is 5.97 Å². The van der Waals surface area contributed by atoms with E-state index in [-0.39, 0.29) is 37.8 Å². The average molecular weight is 355 g/mol. The van der Waals surface area contributed by atoms with E-state index in [0.29, 0.717) is 0 Å². The molecule has 0 bridgehead atoms. The molecule has 0 radical (unpaired) electrons. The van der Waals surface area contributed by atoms with Crippen LogP contribution in [0.3, 0.4) is 0 Å². The molecule has 0 aliphatic heterocycles. The van der Waals surface area contributed by atoms with Crippen LogP contribution in [0.4, 0.5) is 8.78 Å². The maximum Gasteiger partial charge on any atom is 0.305 e. The van der Waals surface area contributed by atoms with E-state index in [0.717, 1.165) is 38.2 Å². The van der Waals surface area contributed by atoms with E-state index >= 15 is 0 Å². The summed E-state index contributed by atoms with van der Waals surface area (Å²) in [5.74, 6) is -3.51. The molecule has 1 fully saturated rings. The summed E-state index contributed by atoms with van der Waals surface area (Å²) in [4.78, 5) is 24.4. The van der Waals surface area contributed by atoms with E-state index in [1.165, 1.54) is 17.0 Å². The number of carbonyl (C=O) groups excluding carboxylic acids is 1. The zero-order valence-electron chi connectivity index (χ0n) is 14.0. The molecule has 0 saturated heterocycles. The molecule has 1 aliphatic rings. The molecule has 2 rings (SSSR count). The summed E-state index contributed by atoms with van der Waals surface area (Å²) >= 11 is 0. The maximum absolute atomic E-state index is 13.8. The van der Waals surface area contributed by atoms with Crippen LogP contribution in [-0.2, 0) is 20.9 Å². The van der Waals surface area contributed by atoms with Gasteiger partial charge in [-0.15, -0.1) is 0 Å². The second-order valence-electron chi connectivity index (χ2n) is 6.24. The number of nitrogens with zero attached hydrogens (tertiary/aromatic N) is 1. The minimum absolute atomic E-state index is 0.0106. The van der Waals surface area contributed by atoms with Crippen LogP contribution in [0.5, 0.6) is 0 Å². The molecular formula is C18H23F2NO4. The first-order valence-corrected chi connectivity index (χ1v) is 8.51. The molecule has 138 valence electrons. The first kappa shape index (κ1) is 19.3. The molecule has 25 heavy (non-hydrogen) atoms. The molecule has 1 aromatic rings. The molecule has 0 spiro atoms. The number of benzene rings is 1. The predicted molar refractivity (Wildman–Crippen MR) is 86.9 cm³/mol. The molecule has 5 nitrogen and oxygen atoms in total. The second-order valence-corrected chi connectivity index (χ2v) is 6.24. The molecule has 1 amide bonds. The topological polar surface area (TPSA) is 66.8 Å². The minimum Gasteiger partial charge on any atom is -0.481 e. The van der Waals surface area contributed by atoms with Crippen molar-refractivity contribution in [1.29, 1.82) is 0 Å². The highest BCUT2D eigenvalue weighted by Crippen LogP contribution is 2.20. The van der Waals surface area contributed by atoms with Gasteiger partial charge in [0.1, 0.15) is 6.61 Å². The monoisotopic (exact) mass is 355 g/mol. The summed E-state index contributed by atoms with van der Waals surface area (Å²) in [5, 5.41) is 8.84. The van der Waals surface area contributed by atoms with Gasteiger partial charge in [-0.05, 0) is 18.9 Å². The number of hydrogen-bond acceptors (Lipinski definition) is 3. The van der Waals surface area contributed by atoms with E-state index in [1.54, 1.807) is 0 Å². The Morgan fingerprint density at radius 1 is 1.20 bits per heavy atom. The number of ether oxygens (including phenoxy) is 1. The lowest BCUT2D eigenvalue weighted by Gasteiger charge is -2.25. The molecule has 0 atom stereocenters. The molecular weight excluding hydrogens is 332 g/mol. The SMILES string of the molecule is O=C(O)CCN(Cc1cccc(F)c1F)C(=O)COC1CCCCC1. The average Bonchev–Trinajstić information content (AvgIpc) is 2.60. The van der Waals surface area contributed by atoms with Gasteiger partial charge in [0.15, 0.2) is 11.6 Å². The number of hydrogen-bond donors (Lipinski definition) is 1. The number of carboxylic acids is 1. The number of amides is 1. The van der Waals surface area contributed by atoms with E-state index in [2.05, 4.69) is 0 Å². The number of aliphatic carboxylic acids is 1. The van der Waals surface area contributed by atoms with Crippen LogP contribution >= 0.6 is 0 Å². The van der Waals surface area contributed by atoms with Crippen LogP contribution < -0.4 is 0 Å². The van der Waals surface area contributed by atoms with Crippen molar-refractivity contribution in [2.45, 2.75) is 51.2 Å². The lowest BCUT2D eigenvalue weighted by atomic mass is 9.98. The summed E-state index contributed by atoms with van der Waals surface area (Å²) in [6.07, 6.45) is 4.86. The Balaban J connectivity index is 1.99. The zero-order chi connectivity index (χ0) is 18.2. The summed E-state index contributed by atoms with van der Waals surface area (Å²) in [6.45, 7) is -0.455. The summed E-state index contributed by atoms with van der Waals surface area (Å²) in [7, 11) is 0. The fourth-order valence-corrected chi connectivity index (χ4v) is 2.91. The van der Waals surface area contributed by atoms with Gasteiger partial charge in [0.2, 0.25) is 5.91 Å². The van der Waals surface area contributed by atoms with E-state index in [4.69, 9.17) is 9.84 Å². The van der Waals surface area contributed by atoms with Crippen LogP contribution in [0.15, 0.2) is 18.2 Å². The number of carbonyl (C=O) groups is 2. The van der Waals surface area contributed by atoms with Crippen molar-refractivity contribution in [2.75, 3.05) is 13.2 Å². The van der Waals surface area contributed by atoms with E-state index in [9.17, 15) is 18.4 Å². The predicted octanol–water partition coefficient (Wildman–Crippen LogP) is 3.12. The highest BCUT2D eigenvalue weighted by molar-refractivity contribution is 5.78. The highest BCUT2D eigenvalue weighted by atomic mass is 19.2. The Morgan fingerprint density at radius 2 is 1.92 bits per heavy atom. The quantitative estimate of drug-likeness (QED) is 0.778. The van der Waals surface area contributed by atoms with Gasteiger partial charge in [-0.25, -0.2) is 8.78 Å². The molecule has 1 aliphatic carbocycles. The van der Waals surface area contributed by atoms with Crippen LogP contribution in [0.1, 0.15) is 44.1 Å². The van der Waals surface area contributed by atoms with Crippen molar-refractivity contribution in [3.05, 3.63) is 35.4 Å². The first-order valence-electron chi connectivity index (χ1n) is 8.51. The fraction of sp³-hybridized carbons (Fsp3) is 0.556. The zero-order valence-corrected chi connectivity index (χ0v) is 14.0. The first-order chi connectivity index (χ1) is 12.0. The fourth-order valence-electron chi connectivity index (χ4n) is 2.91. The van der Waals surface area contributed by atoms with Gasteiger partial charge in [-0.3, -0.25) is 9.59 Å². The Labute approximate surface area is 145 Å². The van der Waals surface area contributed by atoms with Gasteiger partial charge in [-0.1, -0.05) is 31.4 Å². The summed E-state index contributed by atoms with van der Waals surface area (Å²) < 4.78 is 32.8. The van der Waals surface area contributed by atoms with Crippen LogP contribution in [-0.4, -0.2) is 41.1 Å². The normalized spacial score (nSPS) is 15.1. The van der Waals surface area contributed by atoms with Crippen LogP contribution in [0, 0.1) is 11.6 Å². The van der Waals surface area contributed by atoms with E-state index < -0.39 is 23.5 Å². The van der Waals surface area contributed by atoms with Gasteiger partial charge in [0.25, 0.3) is 0 Å². The molecule has 1 aromatic carbocycles. The highest BCUT2D eigenvalue weighted by Gasteiger charge is 2.21. The van der Waals surface area contributed by atoms with E-state index in [1.807, 2.05) is 0 Å². The Kier molecular flexibility index (Phi) is 7.31. The third kappa shape index (κ3) is 6.08. The Morgan fingerprint density at radius 3 is 2.60 bits per heavy atom. The Bertz CT molecular complexity index is 603. The van der Waals surface area contributed by atoms with Gasteiger partial charge in [0.05, 0.1) is 12.5 Å². The van der Waals surface area contributed by atoms with Gasteiger partial charge in [-0.2, -0.15) is 0 Å². The van der Waals surface area contributed by atoms with Crippen molar-refractivity contribution in [3.8, 4) is 0 Å². The van der Waals surface area contributed by atoms with Gasteiger partial charge < -0.3 is 14.7 Å². The van der Waals surface area contributed by atoms with Crippen molar-refractivity contribution in [1.82, 2.24) is 4.90 Å². The molecule has 0 heterocycles. The van der Waals surface area contributed by atoms with Gasteiger partial charge in [0, 0.05) is 18.7 Å². The van der Waals surface area contributed by atoms with Crippen molar-refractivity contribution >= 4 is 11.9 Å². The van der Waals surface area contributed by atoms with Crippen LogP contribution in [0.25, 0.3) is 0 Å². The summed E-state index contributed by atoms with van der Waals surface area (Å²) in [5.41, 5.74) is 0.0106. The molecule has 7 heteroatoms. The van der Waals surface area contributed by atoms with Crippen molar-refractivity contribution in [3.63, 3.8) is 0 Å². The molecule has 1 saturated carbocycles. The number of rotatable bonds is 8. The van der Waals surface area contributed by atoms with Crippen molar-refractivity contribution < 1.29 is 28.2 Å². The molecule has 1 N–H and O–H groups in total. The Hall–Kier alpha value is -2.02. The molecule has 0 aromatic heterocycles. The van der Waals surface area contributed by atoms with Crippen LogP contribution in [0.2, 0.25) is 0 Å². The standard InChI is InChI=1S/C18H23F2NO4/c19-15-8-4-5-13(18(15)20)11-21(10-9-17(23)24)16(22)12-25-14-6-2-1-3-7-14/h4-5,8,14H,1-3,6-7,9-12H2,(H,23,24). The molecule has 0 unspecified atom stereocenters. The third-order valence-electron chi connectivity index (χ3n) is 4.34. The largest absolute Gasteiger partial charge is 0.481 e. The lowest BCUT2D eigenvalue weighted by molar-refractivity contribution is -0.142. The summed E-state index contributed by atoms with van der Waals surface area (Å²) in [6, 6.07) is 3.72. The maximum atomic E-state index is 13.8. The second kappa shape index (κ2) is 9.46. The number of carboxylic acid groups (broad SMARTS) is 1. The lowest BCUT2D eigenvalue weighted by Crippen LogP contribution is -2.36. The minimum atomic E-state index is -1.06. The van der Waals surface area contributed by atoms with Crippen molar-refractivity contribution in [2.24, 2.45) is 0 Å².